The Morgan fingerprint density at radius 2 is 1.28 bits per heavy atom. The molecule has 32 heavy (non-hydrogen) atoms. The molecule has 0 aromatic carbocycles. The first kappa shape index (κ1) is 25.6. The lowest BCUT2D eigenvalue weighted by atomic mass is 9.80. The first-order chi connectivity index (χ1) is 15.4. The second-order valence-electron chi connectivity index (χ2n) is 9.49. The zero-order chi connectivity index (χ0) is 23.0. The highest BCUT2D eigenvalue weighted by atomic mass is 35.5. The van der Waals surface area contributed by atoms with Crippen molar-refractivity contribution in [2.75, 3.05) is 13.2 Å². The van der Waals surface area contributed by atoms with Crippen molar-refractivity contribution in [2.45, 2.75) is 112 Å². The van der Waals surface area contributed by atoms with Crippen LogP contribution in [0.25, 0.3) is 0 Å². The molecule has 8 heteroatoms. The second kappa shape index (κ2) is 12.5. The average molecular weight is 487 g/mol. The van der Waals surface area contributed by atoms with Gasteiger partial charge in [0.25, 0.3) is 0 Å². The van der Waals surface area contributed by atoms with E-state index in [1.54, 1.807) is 0 Å². The number of nitrogens with one attached hydrogen (secondary N) is 2. The minimum atomic E-state index is -0.674. The summed E-state index contributed by atoms with van der Waals surface area (Å²) in [5.41, 5.74) is -0.674. The van der Waals surface area contributed by atoms with Gasteiger partial charge in [-0.15, -0.1) is 29.6 Å². The first-order valence-corrected chi connectivity index (χ1v) is 12.8. The Morgan fingerprint density at radius 3 is 1.75 bits per heavy atom. The summed E-state index contributed by atoms with van der Waals surface area (Å²) in [6, 6.07) is 0.0463. The van der Waals surface area contributed by atoms with Gasteiger partial charge < -0.3 is 20.1 Å². The highest BCUT2D eigenvalue weighted by Gasteiger charge is 2.36. The zero-order valence-electron chi connectivity index (χ0n) is 18.8. The summed E-state index contributed by atoms with van der Waals surface area (Å²) in [6.07, 6.45) is 16.0. The van der Waals surface area contributed by atoms with Crippen LogP contribution in [0.1, 0.15) is 77.0 Å². The standard InChI is InChI=1S/C24H36Cl2N2O4/c1-2-24(28-23(30)16-32-21-9-5-18(26)6-10-21)13-11-19(12-14-24)27-22(29)15-31-20-7-3-17(25)4-8-20/h1,17-21H,3-16H2,(H,27,29)(H,28,30). The molecule has 0 aromatic heterocycles. The van der Waals surface area contributed by atoms with E-state index in [0.717, 1.165) is 51.4 Å². The number of terminal acetylenes is 1. The summed E-state index contributed by atoms with van der Waals surface area (Å²) in [6.45, 7) is 0.0955. The Kier molecular flexibility index (Phi) is 9.98. The molecule has 2 amide bonds. The Balaban J connectivity index is 1.33. The van der Waals surface area contributed by atoms with E-state index >= 15 is 0 Å². The maximum Gasteiger partial charge on any atom is 0.247 e. The number of carbonyl (C=O) groups is 2. The Morgan fingerprint density at radius 1 is 0.812 bits per heavy atom. The van der Waals surface area contributed by atoms with Gasteiger partial charge in [-0.05, 0) is 77.0 Å². The summed E-state index contributed by atoms with van der Waals surface area (Å²) in [5.74, 6) is 2.51. The Bertz CT molecular complexity index is 659. The fourth-order valence-corrected chi connectivity index (χ4v) is 5.40. The summed E-state index contributed by atoms with van der Waals surface area (Å²) in [5, 5.41) is 6.51. The van der Waals surface area contributed by atoms with Gasteiger partial charge in [0.15, 0.2) is 0 Å². The normalized spacial score (nSPS) is 35.5. The molecule has 3 rings (SSSR count). The molecule has 3 aliphatic rings. The van der Waals surface area contributed by atoms with Gasteiger partial charge in [0, 0.05) is 16.8 Å². The van der Waals surface area contributed by atoms with Crippen molar-refractivity contribution in [2.24, 2.45) is 0 Å². The predicted octanol–water partition coefficient (Wildman–Crippen LogP) is 3.67. The molecular weight excluding hydrogens is 451 g/mol. The second-order valence-corrected chi connectivity index (χ2v) is 10.7. The minimum Gasteiger partial charge on any atom is -0.368 e. The molecule has 0 heterocycles. The number of rotatable bonds is 8. The van der Waals surface area contributed by atoms with Crippen molar-refractivity contribution >= 4 is 35.0 Å². The summed E-state index contributed by atoms with van der Waals surface area (Å²) >= 11 is 12.2. The van der Waals surface area contributed by atoms with Crippen LogP contribution in [0.5, 0.6) is 0 Å². The van der Waals surface area contributed by atoms with Gasteiger partial charge in [0.2, 0.25) is 11.8 Å². The molecule has 0 unspecified atom stereocenters. The molecular formula is C24H36Cl2N2O4. The van der Waals surface area contributed by atoms with E-state index in [9.17, 15) is 9.59 Å². The lowest BCUT2D eigenvalue weighted by molar-refractivity contribution is -0.131. The van der Waals surface area contributed by atoms with Crippen molar-refractivity contribution < 1.29 is 19.1 Å². The maximum absolute atomic E-state index is 12.4. The molecule has 0 atom stereocenters. The quantitative estimate of drug-likeness (QED) is 0.405. The molecule has 6 nitrogen and oxygen atoms in total. The van der Waals surface area contributed by atoms with E-state index in [4.69, 9.17) is 39.1 Å². The van der Waals surface area contributed by atoms with Crippen molar-refractivity contribution in [1.29, 1.82) is 0 Å². The monoisotopic (exact) mass is 486 g/mol. The third-order valence-electron chi connectivity index (χ3n) is 6.97. The molecule has 0 aromatic rings. The number of carbonyl (C=O) groups excluding carboxylic acids is 2. The molecule has 0 spiro atoms. The Hall–Kier alpha value is -1.000. The fraction of sp³-hybridized carbons (Fsp3) is 0.833. The minimum absolute atomic E-state index is 0.0180. The van der Waals surface area contributed by atoms with E-state index in [2.05, 4.69) is 16.6 Å². The lowest BCUT2D eigenvalue weighted by Gasteiger charge is -2.37. The van der Waals surface area contributed by atoms with E-state index in [1.165, 1.54) is 0 Å². The number of alkyl halides is 2. The SMILES string of the molecule is C#CC1(NC(=O)COC2CCC(Cl)CC2)CCC(NC(=O)COC2CCC(Cl)CC2)CC1. The van der Waals surface area contributed by atoms with Crippen LogP contribution in [-0.4, -0.2) is 59.6 Å². The van der Waals surface area contributed by atoms with Gasteiger partial charge in [0.05, 0.1) is 12.2 Å². The first-order valence-electron chi connectivity index (χ1n) is 12.0. The molecule has 3 fully saturated rings. The smallest absolute Gasteiger partial charge is 0.247 e. The lowest BCUT2D eigenvalue weighted by Crippen LogP contribution is -2.53. The molecule has 0 radical (unpaired) electrons. The van der Waals surface area contributed by atoms with E-state index in [0.29, 0.717) is 25.7 Å². The van der Waals surface area contributed by atoms with Crippen LogP contribution >= 0.6 is 23.2 Å². The van der Waals surface area contributed by atoms with Gasteiger partial charge in [-0.1, -0.05) is 5.92 Å². The largest absolute Gasteiger partial charge is 0.368 e. The third kappa shape index (κ3) is 8.09. The Labute approximate surface area is 201 Å². The molecule has 3 saturated carbocycles. The number of halogens is 2. The van der Waals surface area contributed by atoms with Gasteiger partial charge in [-0.2, -0.15) is 0 Å². The number of amides is 2. The van der Waals surface area contributed by atoms with Gasteiger partial charge in [-0.25, -0.2) is 0 Å². The molecule has 0 saturated heterocycles. The predicted molar refractivity (Wildman–Crippen MR) is 126 cm³/mol. The van der Waals surface area contributed by atoms with Gasteiger partial charge in [0.1, 0.15) is 18.8 Å². The fourth-order valence-electron chi connectivity index (χ4n) is 4.90. The van der Waals surface area contributed by atoms with Crippen LogP contribution in [0.3, 0.4) is 0 Å². The maximum atomic E-state index is 12.4. The summed E-state index contributed by atoms with van der Waals surface area (Å²) < 4.78 is 11.5. The van der Waals surface area contributed by atoms with Crippen LogP contribution in [0, 0.1) is 12.3 Å². The number of hydrogen-bond acceptors (Lipinski definition) is 4. The summed E-state index contributed by atoms with van der Waals surface area (Å²) in [4.78, 5) is 24.7. The molecule has 2 N–H and O–H groups in total. The molecule has 0 bridgehead atoms. The molecule has 3 aliphatic carbocycles. The molecule has 0 aliphatic heterocycles. The van der Waals surface area contributed by atoms with E-state index < -0.39 is 5.54 Å². The van der Waals surface area contributed by atoms with Crippen LogP contribution < -0.4 is 10.6 Å². The zero-order valence-corrected chi connectivity index (χ0v) is 20.3. The van der Waals surface area contributed by atoms with Gasteiger partial charge in [-0.3, -0.25) is 9.59 Å². The molecule has 180 valence electrons. The van der Waals surface area contributed by atoms with E-state index in [1.807, 2.05) is 0 Å². The average Bonchev–Trinajstić information content (AvgIpc) is 2.80. The highest BCUT2D eigenvalue weighted by molar-refractivity contribution is 6.20. The van der Waals surface area contributed by atoms with Crippen molar-refractivity contribution in [3.05, 3.63) is 0 Å². The van der Waals surface area contributed by atoms with Crippen molar-refractivity contribution in [1.82, 2.24) is 10.6 Å². The topological polar surface area (TPSA) is 76.7 Å². The van der Waals surface area contributed by atoms with E-state index in [-0.39, 0.29) is 54.0 Å². The summed E-state index contributed by atoms with van der Waals surface area (Å²) in [7, 11) is 0. The van der Waals surface area contributed by atoms with Crippen LogP contribution in [0.2, 0.25) is 0 Å². The van der Waals surface area contributed by atoms with Gasteiger partial charge >= 0.3 is 0 Å². The number of hydrogen-bond donors (Lipinski definition) is 2. The third-order valence-corrected chi connectivity index (χ3v) is 7.84. The van der Waals surface area contributed by atoms with Crippen LogP contribution in [0.4, 0.5) is 0 Å². The number of ether oxygens (including phenoxy) is 2. The van der Waals surface area contributed by atoms with Crippen LogP contribution in [-0.2, 0) is 19.1 Å². The highest BCUT2D eigenvalue weighted by Crippen LogP contribution is 2.29. The van der Waals surface area contributed by atoms with Crippen LogP contribution in [0.15, 0.2) is 0 Å². The van der Waals surface area contributed by atoms with Crippen molar-refractivity contribution in [3.63, 3.8) is 0 Å². The van der Waals surface area contributed by atoms with Crippen molar-refractivity contribution in [3.8, 4) is 12.3 Å².